The second-order valence-electron chi connectivity index (χ2n) is 9.19. The van der Waals surface area contributed by atoms with Crippen molar-refractivity contribution in [2.24, 2.45) is 4.99 Å². The number of hydrogen-bond donors (Lipinski definition) is 2. The van der Waals surface area contributed by atoms with Crippen LogP contribution in [0.15, 0.2) is 76.9 Å². The summed E-state index contributed by atoms with van der Waals surface area (Å²) in [7, 11) is 0. The van der Waals surface area contributed by atoms with Crippen molar-refractivity contribution in [3.05, 3.63) is 93.8 Å². The molecule has 0 unspecified atom stereocenters. The number of carboxylic acid groups (broad SMARTS) is 1. The molecule has 2 aromatic heterocycles. The van der Waals surface area contributed by atoms with Crippen molar-refractivity contribution < 1.29 is 9.90 Å². The zero-order chi connectivity index (χ0) is 26.2. The number of anilines is 1. The van der Waals surface area contributed by atoms with Gasteiger partial charge in [-0.15, -0.1) is 29.9 Å². The standard InChI is InChI=1S/C27H22ClN7O3.2ClH/c28-19-4-6-24(34-15-31-32-33-34)22(12-19)17-9-21-5-7-25(35(21)26(36)11-17)23-10-18(13-30-23)16-2-1-3-20(8-16)29-14-27(37)38;;/h1-4,6,8-9,11-13,15,25,29H,5,7,10,14H2,(H,37,38);2*1H/t25-;;/m0../s1. The van der Waals surface area contributed by atoms with E-state index in [0.29, 0.717) is 11.4 Å². The molecule has 40 heavy (non-hydrogen) atoms. The number of nitrogens with one attached hydrogen (secondary N) is 1. The van der Waals surface area contributed by atoms with E-state index in [-0.39, 0.29) is 43.0 Å². The Morgan fingerprint density at radius 1 is 1.10 bits per heavy atom. The predicted octanol–water partition coefficient (Wildman–Crippen LogP) is 4.86. The van der Waals surface area contributed by atoms with Crippen LogP contribution in [-0.2, 0) is 11.2 Å². The molecule has 0 radical (unpaired) electrons. The van der Waals surface area contributed by atoms with Gasteiger partial charge in [-0.05, 0) is 76.4 Å². The number of rotatable bonds is 7. The number of aromatic nitrogens is 5. The Balaban J connectivity index is 0.00000185. The van der Waals surface area contributed by atoms with Crippen molar-refractivity contribution >= 4 is 59.4 Å². The number of allylic oxidation sites excluding steroid dienone is 1. The molecular formula is C27H24Cl3N7O3. The van der Waals surface area contributed by atoms with Crippen molar-refractivity contribution in [1.29, 1.82) is 0 Å². The summed E-state index contributed by atoms with van der Waals surface area (Å²) >= 11 is 6.30. The van der Waals surface area contributed by atoms with Crippen LogP contribution in [0.1, 0.15) is 30.1 Å². The lowest BCUT2D eigenvalue weighted by atomic mass is 9.98. The Kier molecular flexibility index (Phi) is 8.73. The summed E-state index contributed by atoms with van der Waals surface area (Å²) in [6.45, 7) is -0.152. The normalized spacial score (nSPS) is 15.4. The Bertz CT molecular complexity index is 1680. The summed E-state index contributed by atoms with van der Waals surface area (Å²) in [5.41, 5.74) is 6.77. The van der Waals surface area contributed by atoms with E-state index in [2.05, 4.69) is 20.8 Å². The van der Waals surface area contributed by atoms with E-state index >= 15 is 0 Å². The molecule has 1 atom stereocenters. The fourth-order valence-electron chi connectivity index (χ4n) is 5.11. The highest BCUT2D eigenvalue weighted by Crippen LogP contribution is 2.36. The Hall–Kier alpha value is -3.99. The summed E-state index contributed by atoms with van der Waals surface area (Å²) in [6, 6.07) is 16.6. The van der Waals surface area contributed by atoms with Gasteiger partial charge in [-0.1, -0.05) is 23.7 Å². The highest BCUT2D eigenvalue weighted by Gasteiger charge is 2.30. The minimum atomic E-state index is -0.920. The monoisotopic (exact) mass is 599 g/mol. The van der Waals surface area contributed by atoms with Gasteiger partial charge in [-0.25, -0.2) is 0 Å². The lowest BCUT2D eigenvalue weighted by molar-refractivity contribution is -0.134. The summed E-state index contributed by atoms with van der Waals surface area (Å²) in [6.07, 6.45) is 5.50. The molecule has 0 saturated carbocycles. The number of halogens is 3. The third-order valence-electron chi connectivity index (χ3n) is 6.82. The summed E-state index contributed by atoms with van der Waals surface area (Å²) in [5.74, 6) is -0.920. The van der Waals surface area contributed by atoms with Gasteiger partial charge in [0.2, 0.25) is 0 Å². The number of aliphatic imine (C=N–C) groups is 1. The average molecular weight is 601 g/mol. The topological polar surface area (TPSA) is 127 Å². The molecule has 0 spiro atoms. The van der Waals surface area contributed by atoms with Gasteiger partial charge in [-0.2, -0.15) is 4.68 Å². The molecule has 10 nitrogen and oxygen atoms in total. The first-order valence-corrected chi connectivity index (χ1v) is 12.4. The molecule has 2 aromatic carbocycles. The van der Waals surface area contributed by atoms with E-state index < -0.39 is 5.97 Å². The second kappa shape index (κ2) is 12.0. The largest absolute Gasteiger partial charge is 0.480 e. The van der Waals surface area contributed by atoms with Gasteiger partial charge in [0.15, 0.2) is 0 Å². The van der Waals surface area contributed by atoms with Crippen molar-refractivity contribution in [2.45, 2.75) is 25.3 Å². The van der Waals surface area contributed by atoms with Crippen LogP contribution in [0.5, 0.6) is 0 Å². The van der Waals surface area contributed by atoms with E-state index in [1.165, 1.54) is 6.33 Å². The molecule has 0 bridgehead atoms. The van der Waals surface area contributed by atoms with Crippen molar-refractivity contribution in [2.75, 3.05) is 11.9 Å². The molecule has 0 aliphatic carbocycles. The molecule has 0 fully saturated rings. The maximum absolute atomic E-state index is 13.4. The average Bonchev–Trinajstić information content (AvgIpc) is 3.68. The minimum absolute atomic E-state index is 0. The fourth-order valence-corrected chi connectivity index (χ4v) is 5.28. The lowest BCUT2D eigenvalue weighted by Crippen LogP contribution is -2.27. The third-order valence-corrected chi connectivity index (χ3v) is 7.05. The molecule has 6 rings (SSSR count). The van der Waals surface area contributed by atoms with Gasteiger partial charge in [0.25, 0.3) is 5.56 Å². The predicted molar refractivity (Wildman–Crippen MR) is 158 cm³/mol. The van der Waals surface area contributed by atoms with Crippen LogP contribution in [0.25, 0.3) is 22.4 Å². The number of pyridine rings is 1. The van der Waals surface area contributed by atoms with Crippen LogP contribution in [0.4, 0.5) is 5.69 Å². The van der Waals surface area contributed by atoms with Gasteiger partial charge in [0.1, 0.15) is 12.9 Å². The molecule has 206 valence electrons. The number of hydrogen-bond acceptors (Lipinski definition) is 7. The number of fused-ring (bicyclic) bond motifs is 1. The van der Waals surface area contributed by atoms with Crippen LogP contribution in [0, 0.1) is 0 Å². The third kappa shape index (κ3) is 5.65. The van der Waals surface area contributed by atoms with Crippen LogP contribution in [-0.4, -0.2) is 48.1 Å². The Morgan fingerprint density at radius 2 is 1.95 bits per heavy atom. The minimum Gasteiger partial charge on any atom is -0.480 e. The zero-order valence-electron chi connectivity index (χ0n) is 20.9. The van der Waals surface area contributed by atoms with Gasteiger partial charge >= 0.3 is 5.97 Å². The second-order valence-corrected chi connectivity index (χ2v) is 9.63. The van der Waals surface area contributed by atoms with Gasteiger partial charge in [0, 0.05) is 46.4 Å². The van der Waals surface area contributed by atoms with Crippen LogP contribution in [0.3, 0.4) is 0 Å². The van der Waals surface area contributed by atoms with Gasteiger partial charge in [0.05, 0.1) is 11.7 Å². The summed E-state index contributed by atoms with van der Waals surface area (Å²) < 4.78 is 3.39. The van der Waals surface area contributed by atoms with E-state index in [1.807, 2.05) is 53.2 Å². The SMILES string of the molecule is Cl.Cl.O=C(O)CNc1cccc(C2=CN=C([C@@H]3CCc4cc(-c5cc(Cl)ccc5-n5cnnn5)cc(=O)n43)C2)c1. The Morgan fingerprint density at radius 3 is 2.73 bits per heavy atom. The first-order valence-electron chi connectivity index (χ1n) is 12.1. The molecule has 13 heteroatoms. The smallest absolute Gasteiger partial charge is 0.322 e. The number of aliphatic carboxylic acids is 1. The van der Waals surface area contributed by atoms with Crippen LogP contribution in [0.2, 0.25) is 5.02 Å². The van der Waals surface area contributed by atoms with Crippen molar-refractivity contribution in [1.82, 2.24) is 24.8 Å². The van der Waals surface area contributed by atoms with Crippen LogP contribution >= 0.6 is 36.4 Å². The van der Waals surface area contributed by atoms with E-state index in [4.69, 9.17) is 21.7 Å². The maximum atomic E-state index is 13.4. The van der Waals surface area contributed by atoms with Gasteiger partial charge < -0.3 is 15.0 Å². The fraction of sp³-hybridized carbons (Fsp3) is 0.185. The van der Waals surface area contributed by atoms with Crippen LogP contribution < -0.4 is 10.9 Å². The highest BCUT2D eigenvalue weighted by atomic mass is 35.5. The molecule has 4 heterocycles. The molecular weight excluding hydrogens is 577 g/mol. The number of carboxylic acids is 1. The maximum Gasteiger partial charge on any atom is 0.322 e. The summed E-state index contributed by atoms with van der Waals surface area (Å²) in [4.78, 5) is 29.0. The summed E-state index contributed by atoms with van der Waals surface area (Å²) in [5, 5.41) is 23.8. The van der Waals surface area contributed by atoms with E-state index in [1.54, 1.807) is 16.8 Å². The van der Waals surface area contributed by atoms with Crippen molar-refractivity contribution in [3.63, 3.8) is 0 Å². The van der Waals surface area contributed by atoms with E-state index in [0.717, 1.165) is 57.9 Å². The number of aryl methyl sites for hydroxylation is 1. The molecule has 0 saturated heterocycles. The van der Waals surface area contributed by atoms with E-state index in [9.17, 15) is 9.59 Å². The first kappa shape index (κ1) is 29.0. The zero-order valence-corrected chi connectivity index (χ0v) is 23.3. The number of nitrogens with zero attached hydrogens (tertiary/aromatic N) is 6. The lowest BCUT2D eigenvalue weighted by Gasteiger charge is -2.17. The molecule has 2 N–H and O–H groups in total. The number of benzene rings is 2. The quantitative estimate of drug-likeness (QED) is 0.310. The molecule has 0 amide bonds. The first-order chi connectivity index (χ1) is 18.5. The number of carbonyl (C=O) groups is 1. The van der Waals surface area contributed by atoms with Crippen molar-refractivity contribution in [3.8, 4) is 16.8 Å². The molecule has 2 aliphatic heterocycles. The highest BCUT2D eigenvalue weighted by molar-refractivity contribution is 6.31. The van der Waals surface area contributed by atoms with Gasteiger partial charge in [-0.3, -0.25) is 14.6 Å². The Labute approximate surface area is 246 Å². The molecule has 2 aliphatic rings. The number of tetrazole rings is 1. The molecule has 4 aromatic rings.